The van der Waals surface area contributed by atoms with Crippen LogP contribution in [-0.4, -0.2) is 9.85 Å². The maximum absolute atomic E-state index is 11.3. The van der Waals surface area contributed by atoms with E-state index in [0.29, 0.717) is 22.3 Å². The fraction of sp³-hybridized carbons (Fsp3) is 0. The second-order valence-corrected chi connectivity index (χ2v) is 9.61. The number of rotatable bonds is 8. The molecule has 0 fully saturated rings. The molecule has 0 saturated heterocycles. The SMILES string of the molecule is O=[N+]([O-])c1ccc(OOOc2ccc([N+](=O)[O-])cc2-c2ccc(I)cc2)c(-c2ccc(I)cc2)c1. The number of hydrogen-bond acceptors (Lipinski definition) is 7. The highest BCUT2D eigenvalue weighted by atomic mass is 127. The van der Waals surface area contributed by atoms with Crippen molar-refractivity contribution >= 4 is 56.6 Å². The summed E-state index contributed by atoms with van der Waals surface area (Å²) in [4.78, 5) is 32.3. The Hall–Kier alpha value is -3.30. The van der Waals surface area contributed by atoms with Gasteiger partial charge < -0.3 is 0 Å². The summed E-state index contributed by atoms with van der Waals surface area (Å²) < 4.78 is 2.00. The van der Waals surface area contributed by atoms with E-state index < -0.39 is 9.85 Å². The molecule has 0 saturated carbocycles. The van der Waals surface area contributed by atoms with Crippen molar-refractivity contribution in [2.45, 2.75) is 0 Å². The van der Waals surface area contributed by atoms with Crippen LogP contribution in [0, 0.1) is 27.4 Å². The van der Waals surface area contributed by atoms with Gasteiger partial charge >= 0.3 is 0 Å². The Kier molecular flexibility index (Phi) is 7.77. The van der Waals surface area contributed by atoms with Crippen LogP contribution in [0.4, 0.5) is 11.4 Å². The van der Waals surface area contributed by atoms with Gasteiger partial charge in [0, 0.05) is 47.6 Å². The second kappa shape index (κ2) is 11.0. The average molecular weight is 696 g/mol. The third-order valence-corrected chi connectivity index (χ3v) is 6.34. The predicted octanol–water partition coefficient (Wildman–Crippen LogP) is 7.35. The average Bonchev–Trinajstić information content (AvgIpc) is 2.85. The lowest BCUT2D eigenvalue weighted by Gasteiger charge is -2.12. The molecule has 0 aliphatic heterocycles. The number of benzene rings is 4. The van der Waals surface area contributed by atoms with Gasteiger partial charge in [-0.3, -0.25) is 30.0 Å². The minimum absolute atomic E-state index is 0.108. The lowest BCUT2D eigenvalue weighted by Crippen LogP contribution is -2.04. The van der Waals surface area contributed by atoms with E-state index in [9.17, 15) is 20.2 Å². The van der Waals surface area contributed by atoms with Gasteiger partial charge in [-0.2, -0.15) is 0 Å². The Balaban J connectivity index is 1.61. The summed E-state index contributed by atoms with van der Waals surface area (Å²) in [6.45, 7) is 0. The monoisotopic (exact) mass is 696 g/mol. The zero-order valence-electron chi connectivity index (χ0n) is 17.6. The standard InChI is InChI=1S/C24H14I2N2O7/c25-17-5-1-15(2-6-17)21-13-19(27(29)30)9-11-23(21)33-35-34-24-12-10-20(28(31)32)14-22(24)16-3-7-18(26)8-4-16/h1-14H. The number of nitro benzene ring substituents is 2. The van der Waals surface area contributed by atoms with E-state index in [1.54, 1.807) is 24.3 Å². The van der Waals surface area contributed by atoms with Gasteiger partial charge in [0.2, 0.25) is 0 Å². The number of nitrogens with zero attached hydrogens (tertiary/aromatic N) is 2. The molecule has 0 unspecified atom stereocenters. The Morgan fingerprint density at radius 2 is 0.943 bits per heavy atom. The number of hydrogen-bond donors (Lipinski definition) is 0. The summed E-state index contributed by atoms with van der Waals surface area (Å²) in [5.74, 6) is 0.379. The van der Waals surface area contributed by atoms with Crippen molar-refractivity contribution in [2.24, 2.45) is 0 Å². The fourth-order valence-corrected chi connectivity index (χ4v) is 3.93. The molecule has 0 amide bonds. The molecule has 0 atom stereocenters. The molecule has 4 aromatic rings. The van der Waals surface area contributed by atoms with Crippen molar-refractivity contribution in [1.82, 2.24) is 0 Å². The number of non-ortho nitro benzene ring substituents is 2. The lowest BCUT2D eigenvalue weighted by atomic mass is 10.0. The van der Waals surface area contributed by atoms with Gasteiger partial charge in [0.1, 0.15) is 0 Å². The van der Waals surface area contributed by atoms with Crippen molar-refractivity contribution < 1.29 is 24.7 Å². The van der Waals surface area contributed by atoms with Gasteiger partial charge in [-0.15, -0.1) is 0 Å². The van der Waals surface area contributed by atoms with Crippen molar-refractivity contribution in [3.8, 4) is 33.8 Å². The quantitative estimate of drug-likeness (QED) is 0.0820. The highest BCUT2D eigenvalue weighted by molar-refractivity contribution is 14.1. The third-order valence-electron chi connectivity index (χ3n) is 4.91. The zero-order valence-corrected chi connectivity index (χ0v) is 21.9. The first-order valence-electron chi connectivity index (χ1n) is 9.92. The Labute approximate surface area is 226 Å². The van der Waals surface area contributed by atoms with Crippen molar-refractivity contribution in [3.05, 3.63) is 112 Å². The second-order valence-electron chi connectivity index (χ2n) is 7.12. The largest absolute Gasteiger partial charge is 0.299 e. The van der Waals surface area contributed by atoms with Crippen LogP contribution in [0.3, 0.4) is 0 Å². The van der Waals surface area contributed by atoms with E-state index in [1.807, 2.05) is 24.3 Å². The summed E-state index contributed by atoms with van der Waals surface area (Å²) >= 11 is 4.32. The molecule has 0 radical (unpaired) electrons. The first-order chi connectivity index (χ1) is 16.8. The minimum atomic E-state index is -0.498. The van der Waals surface area contributed by atoms with Crippen LogP contribution in [-0.2, 0) is 5.04 Å². The molecule has 9 nitrogen and oxygen atoms in total. The van der Waals surface area contributed by atoms with Crippen LogP contribution in [0.15, 0.2) is 84.9 Å². The first kappa shape index (κ1) is 24.8. The Morgan fingerprint density at radius 3 is 1.29 bits per heavy atom. The predicted molar refractivity (Wildman–Crippen MR) is 145 cm³/mol. The van der Waals surface area contributed by atoms with Crippen LogP contribution < -0.4 is 9.78 Å². The van der Waals surface area contributed by atoms with Gasteiger partial charge in [0.25, 0.3) is 11.4 Å². The van der Waals surface area contributed by atoms with E-state index in [1.165, 1.54) is 36.4 Å². The van der Waals surface area contributed by atoms with Gasteiger partial charge in [0.05, 0.1) is 9.85 Å². The van der Waals surface area contributed by atoms with Crippen LogP contribution in [0.5, 0.6) is 11.5 Å². The number of nitro groups is 2. The molecular weight excluding hydrogens is 682 g/mol. The maximum atomic E-state index is 11.3. The van der Waals surface area contributed by atoms with E-state index in [0.717, 1.165) is 7.14 Å². The smallest absolute Gasteiger partial charge is 0.270 e. The molecule has 0 aromatic heterocycles. The van der Waals surface area contributed by atoms with E-state index in [-0.39, 0.29) is 22.9 Å². The normalized spacial score (nSPS) is 10.6. The van der Waals surface area contributed by atoms with E-state index in [2.05, 4.69) is 45.2 Å². The summed E-state index contributed by atoms with van der Waals surface area (Å²) in [6.07, 6.45) is 0. The molecule has 0 spiro atoms. The van der Waals surface area contributed by atoms with Crippen LogP contribution >= 0.6 is 45.2 Å². The minimum Gasteiger partial charge on any atom is -0.299 e. The molecule has 4 rings (SSSR count). The fourth-order valence-electron chi connectivity index (χ4n) is 3.21. The molecule has 176 valence electrons. The molecule has 11 heteroatoms. The van der Waals surface area contributed by atoms with Gasteiger partial charge in [-0.05, 0) is 92.7 Å². The Bertz CT molecular complexity index is 1290. The van der Waals surface area contributed by atoms with Gasteiger partial charge in [0.15, 0.2) is 11.5 Å². The summed E-state index contributed by atoms with van der Waals surface area (Å²) in [5.41, 5.74) is 2.01. The molecule has 0 heterocycles. The van der Waals surface area contributed by atoms with Crippen molar-refractivity contribution in [3.63, 3.8) is 0 Å². The third kappa shape index (κ3) is 6.04. The van der Waals surface area contributed by atoms with Crippen molar-refractivity contribution in [1.29, 1.82) is 0 Å². The molecule has 35 heavy (non-hydrogen) atoms. The topological polar surface area (TPSA) is 114 Å². The lowest BCUT2D eigenvalue weighted by molar-refractivity contribution is -0.411. The first-order valence-corrected chi connectivity index (χ1v) is 12.1. The van der Waals surface area contributed by atoms with Crippen LogP contribution in [0.2, 0.25) is 0 Å². The van der Waals surface area contributed by atoms with Crippen LogP contribution in [0.1, 0.15) is 0 Å². The molecule has 0 bridgehead atoms. The highest BCUT2D eigenvalue weighted by Crippen LogP contribution is 2.36. The summed E-state index contributed by atoms with van der Waals surface area (Å²) in [7, 11) is 0. The molecule has 4 aromatic carbocycles. The van der Waals surface area contributed by atoms with E-state index in [4.69, 9.17) is 14.8 Å². The zero-order chi connectivity index (χ0) is 24.9. The van der Waals surface area contributed by atoms with Crippen molar-refractivity contribution in [2.75, 3.05) is 0 Å². The van der Waals surface area contributed by atoms with Crippen LogP contribution in [0.25, 0.3) is 22.3 Å². The molecular formula is C24H14I2N2O7. The van der Waals surface area contributed by atoms with Gasteiger partial charge in [-0.1, -0.05) is 24.3 Å². The molecule has 0 N–H and O–H groups in total. The highest BCUT2D eigenvalue weighted by Gasteiger charge is 2.17. The van der Waals surface area contributed by atoms with Gasteiger partial charge in [-0.25, -0.2) is 0 Å². The Morgan fingerprint density at radius 1 is 0.571 bits per heavy atom. The summed E-state index contributed by atoms with van der Waals surface area (Å²) in [5, 5.41) is 27.6. The number of halogens is 2. The molecule has 0 aliphatic carbocycles. The molecule has 0 aliphatic rings. The maximum Gasteiger partial charge on any atom is 0.270 e. The summed E-state index contributed by atoms with van der Waals surface area (Å²) in [6, 6.07) is 22.8. The van der Waals surface area contributed by atoms with E-state index >= 15 is 0 Å².